The van der Waals surface area contributed by atoms with E-state index in [1.807, 2.05) is 0 Å². The van der Waals surface area contributed by atoms with Crippen molar-refractivity contribution in [3.8, 4) is 0 Å². The number of Topliss-reactive ketones (excluding diaryl/α,β-unsaturated/α-hetero) is 1. The summed E-state index contributed by atoms with van der Waals surface area (Å²) in [6.07, 6.45) is -30.1. The van der Waals surface area contributed by atoms with Crippen molar-refractivity contribution in [3.05, 3.63) is 0 Å². The second-order valence-electron chi connectivity index (χ2n) is 9.91. The van der Waals surface area contributed by atoms with Gasteiger partial charge in [-0.05, 0) is 0 Å². The number of carbonyl (C=O) groups excluding carboxylic acids is 1. The zero-order chi connectivity index (χ0) is 30.8. The van der Waals surface area contributed by atoms with Crippen molar-refractivity contribution >= 4 is 11.8 Å². The lowest BCUT2D eigenvalue weighted by molar-refractivity contribution is -0.373. The maximum absolute atomic E-state index is 11.8. The maximum atomic E-state index is 11.8. The molecule has 19 nitrogen and oxygen atoms in total. The summed E-state index contributed by atoms with van der Waals surface area (Å²) in [6, 6.07) is 0. The van der Waals surface area contributed by atoms with Gasteiger partial charge in [0.1, 0.15) is 79.4 Å². The number of aliphatic hydroxyl groups excluding tert-OH is 11. The van der Waals surface area contributed by atoms with E-state index in [0.29, 0.717) is 0 Å². The van der Waals surface area contributed by atoms with E-state index >= 15 is 0 Å². The van der Waals surface area contributed by atoms with Crippen LogP contribution in [0.4, 0.5) is 0 Å². The zero-order valence-electron chi connectivity index (χ0n) is 21.3. The first-order valence-electron chi connectivity index (χ1n) is 12.6. The fraction of sp³-hybridized carbons (Fsp3) is 0.909. The summed E-state index contributed by atoms with van der Waals surface area (Å²) >= 11 is 0. The van der Waals surface area contributed by atoms with Gasteiger partial charge in [-0.15, -0.1) is 0 Å². The highest BCUT2D eigenvalue weighted by molar-refractivity contribution is 6.32. The molecule has 0 aliphatic carbocycles. The van der Waals surface area contributed by atoms with Crippen molar-refractivity contribution in [1.82, 2.24) is 0 Å². The SMILES string of the molecule is O=C(O)C(=O)C[C@@H]1O[C@H](CO)[C@@H](O)[C@@H]1O[C@H]1O[C@H]([C@@H](O)CO)[C@@H](O)[C@H](O[C@H]2O[C@H]([C@@H](O)CO)[C@@H](O)[C@H](O)[C@@H]2O)[C@@H]1O. The lowest BCUT2D eigenvalue weighted by atomic mass is 9.93. The Bertz CT molecular complexity index is 876. The highest BCUT2D eigenvalue weighted by Crippen LogP contribution is 2.34. The van der Waals surface area contributed by atoms with Gasteiger partial charge in [-0.2, -0.15) is 0 Å². The predicted octanol–water partition coefficient (Wildman–Crippen LogP) is -8.12. The van der Waals surface area contributed by atoms with Crippen LogP contribution in [0.3, 0.4) is 0 Å². The molecule has 3 saturated heterocycles. The highest BCUT2D eigenvalue weighted by atomic mass is 16.7. The highest BCUT2D eigenvalue weighted by Gasteiger charge is 2.55. The van der Waals surface area contributed by atoms with Crippen molar-refractivity contribution < 1.29 is 94.6 Å². The molecule has 41 heavy (non-hydrogen) atoms. The Balaban J connectivity index is 1.87. The van der Waals surface area contributed by atoms with E-state index in [4.69, 9.17) is 28.8 Å². The van der Waals surface area contributed by atoms with Gasteiger partial charge in [0.15, 0.2) is 12.6 Å². The number of aliphatic hydroxyl groups is 11. The first-order chi connectivity index (χ1) is 19.3. The Kier molecular flexibility index (Phi) is 11.9. The van der Waals surface area contributed by atoms with Crippen LogP contribution < -0.4 is 0 Å². The van der Waals surface area contributed by atoms with Crippen LogP contribution in [0.15, 0.2) is 0 Å². The van der Waals surface area contributed by atoms with Crippen LogP contribution in [0.25, 0.3) is 0 Å². The number of carboxylic acid groups (broad SMARTS) is 1. The summed E-state index contributed by atoms with van der Waals surface area (Å²) in [5, 5.41) is 120. The Morgan fingerprint density at radius 3 is 1.66 bits per heavy atom. The van der Waals surface area contributed by atoms with Crippen molar-refractivity contribution in [1.29, 1.82) is 0 Å². The minimum absolute atomic E-state index is 0.783. The summed E-state index contributed by atoms with van der Waals surface area (Å²) in [5.74, 6) is -3.16. The molecule has 3 aliphatic heterocycles. The molecule has 0 radical (unpaired) electrons. The number of carboxylic acids is 1. The van der Waals surface area contributed by atoms with E-state index in [9.17, 15) is 65.8 Å². The molecule has 0 aromatic rings. The molecule has 3 heterocycles. The fourth-order valence-electron chi connectivity index (χ4n) is 4.84. The first-order valence-corrected chi connectivity index (χ1v) is 12.6. The molecule has 0 saturated carbocycles. The number of aliphatic carboxylic acids is 1. The van der Waals surface area contributed by atoms with Crippen LogP contribution in [-0.4, -0.2) is 191 Å². The second kappa shape index (κ2) is 14.3. The molecule has 3 aliphatic rings. The molecule has 0 unspecified atom stereocenters. The Morgan fingerprint density at radius 1 is 0.634 bits per heavy atom. The van der Waals surface area contributed by atoms with Gasteiger partial charge in [-0.3, -0.25) is 4.79 Å². The molecule has 0 aromatic heterocycles. The molecule has 0 amide bonds. The van der Waals surface area contributed by atoms with E-state index in [1.54, 1.807) is 0 Å². The summed E-state index contributed by atoms with van der Waals surface area (Å²) in [5.41, 5.74) is 0. The predicted molar refractivity (Wildman–Crippen MR) is 122 cm³/mol. The van der Waals surface area contributed by atoms with E-state index in [-0.39, 0.29) is 0 Å². The van der Waals surface area contributed by atoms with Gasteiger partial charge in [0.05, 0.1) is 25.9 Å². The van der Waals surface area contributed by atoms with Crippen molar-refractivity contribution in [3.63, 3.8) is 0 Å². The number of hydrogen-bond donors (Lipinski definition) is 12. The zero-order valence-corrected chi connectivity index (χ0v) is 21.3. The largest absolute Gasteiger partial charge is 0.475 e. The monoisotopic (exact) mass is 604 g/mol. The summed E-state index contributed by atoms with van der Waals surface area (Å²) < 4.78 is 27.0. The smallest absolute Gasteiger partial charge is 0.372 e. The van der Waals surface area contributed by atoms with Crippen LogP contribution in [0.2, 0.25) is 0 Å². The lowest BCUT2D eigenvalue weighted by Gasteiger charge is -2.47. The molecular weight excluding hydrogens is 568 g/mol. The molecule has 12 N–H and O–H groups in total. The Hall–Kier alpha value is -1.50. The number of hydrogen-bond acceptors (Lipinski definition) is 18. The third kappa shape index (κ3) is 7.18. The summed E-state index contributed by atoms with van der Waals surface area (Å²) in [6.45, 7) is -2.71. The maximum Gasteiger partial charge on any atom is 0.372 e. The van der Waals surface area contributed by atoms with Crippen LogP contribution in [0, 0.1) is 0 Å². The summed E-state index contributed by atoms with van der Waals surface area (Å²) in [7, 11) is 0. The second-order valence-corrected chi connectivity index (χ2v) is 9.91. The number of ether oxygens (including phenoxy) is 5. The molecule has 0 bridgehead atoms. The third-order valence-electron chi connectivity index (χ3n) is 7.14. The Morgan fingerprint density at radius 2 is 1.15 bits per heavy atom. The minimum atomic E-state index is -2.09. The Labute approximate surface area is 231 Å². The van der Waals surface area contributed by atoms with E-state index in [2.05, 4.69) is 0 Å². The molecule has 3 fully saturated rings. The van der Waals surface area contributed by atoms with Gasteiger partial charge in [-0.25, -0.2) is 4.79 Å². The molecule has 19 heteroatoms. The van der Waals surface area contributed by atoms with Crippen molar-refractivity contribution in [2.45, 2.75) is 104 Å². The molecule has 0 aromatic carbocycles. The lowest BCUT2D eigenvalue weighted by Crippen LogP contribution is -2.67. The van der Waals surface area contributed by atoms with Gasteiger partial charge >= 0.3 is 5.97 Å². The minimum Gasteiger partial charge on any atom is -0.475 e. The summed E-state index contributed by atoms with van der Waals surface area (Å²) in [4.78, 5) is 22.8. The molecule has 238 valence electrons. The van der Waals surface area contributed by atoms with E-state index < -0.39 is 136 Å². The van der Waals surface area contributed by atoms with Gasteiger partial charge in [0, 0.05) is 6.42 Å². The number of rotatable bonds is 12. The van der Waals surface area contributed by atoms with E-state index in [0.717, 1.165) is 0 Å². The van der Waals surface area contributed by atoms with Crippen LogP contribution in [-0.2, 0) is 33.3 Å². The molecule has 16 atom stereocenters. The quantitative estimate of drug-likeness (QED) is 0.0920. The average molecular weight is 605 g/mol. The molecule has 0 spiro atoms. The first kappa shape index (κ1) is 34.0. The van der Waals surface area contributed by atoms with Crippen LogP contribution in [0.1, 0.15) is 6.42 Å². The standard InChI is InChI=1S/C22H36O19/c23-2-6(27)16-12(31)11(30)13(32)21(38-16)41-19-14(33)17(7(28)3-24)39-22(15(19)34)40-18-8(1-5(26)20(35)36)37-9(4-25)10(18)29/h6-19,21-25,27-34H,1-4H2,(H,35,36)/t6-,7-,8-,9+,10+,11-,12-,13-,14+,15-,16+,17+,18+,19-,21+,22+/m0/s1. The number of carbonyl (C=O) groups is 2. The fourth-order valence-corrected chi connectivity index (χ4v) is 4.84. The average Bonchev–Trinajstić information content (AvgIpc) is 3.24. The van der Waals surface area contributed by atoms with Crippen LogP contribution >= 0.6 is 0 Å². The van der Waals surface area contributed by atoms with E-state index in [1.165, 1.54) is 0 Å². The topological polar surface area (TPSA) is 323 Å². The third-order valence-corrected chi connectivity index (χ3v) is 7.14. The van der Waals surface area contributed by atoms with Gasteiger partial charge < -0.3 is 85.0 Å². The van der Waals surface area contributed by atoms with Crippen molar-refractivity contribution in [2.75, 3.05) is 19.8 Å². The molecular formula is C22H36O19. The van der Waals surface area contributed by atoms with Gasteiger partial charge in [0.2, 0.25) is 5.78 Å². The van der Waals surface area contributed by atoms with Crippen LogP contribution in [0.5, 0.6) is 0 Å². The number of ketones is 1. The van der Waals surface area contributed by atoms with Crippen molar-refractivity contribution in [2.24, 2.45) is 0 Å². The molecule has 3 rings (SSSR count). The normalized spacial score (nSPS) is 44.9. The van der Waals surface area contributed by atoms with Gasteiger partial charge in [-0.1, -0.05) is 0 Å². The van der Waals surface area contributed by atoms with Gasteiger partial charge in [0.25, 0.3) is 0 Å².